The summed E-state index contributed by atoms with van der Waals surface area (Å²) in [5.74, 6) is 0.576. The summed E-state index contributed by atoms with van der Waals surface area (Å²) in [6.07, 6.45) is 3.88. The highest BCUT2D eigenvalue weighted by Crippen LogP contribution is 2.24. The molecule has 1 aromatic carbocycles. The molecule has 2 rings (SSSR count). The fourth-order valence-electron chi connectivity index (χ4n) is 2.94. The highest BCUT2D eigenvalue weighted by atomic mass is 16.3. The van der Waals surface area contributed by atoms with Crippen LogP contribution in [0.3, 0.4) is 0 Å². The molecule has 0 amide bonds. The molecule has 1 saturated heterocycles. The quantitative estimate of drug-likeness (QED) is 0.533. The summed E-state index contributed by atoms with van der Waals surface area (Å²) in [5.41, 5.74) is 0.764. The molecule has 116 valence electrons. The number of benzene rings is 1. The van der Waals surface area contributed by atoms with Crippen molar-refractivity contribution in [1.82, 2.24) is 10.2 Å². The molecule has 4 nitrogen and oxygen atoms in total. The standard InChI is InChI=1S/C17H27N3O/c1-15(16-5-3-2-4-6-16)7-10-20-11-8-17(21,9-12-20)13-19-14-18/h2-6,14-15,21H,7-13H2,1H3,(H2,18,19)/t15-/m0/s1. The lowest BCUT2D eigenvalue weighted by molar-refractivity contribution is -0.0169. The van der Waals surface area contributed by atoms with Crippen molar-refractivity contribution in [1.29, 1.82) is 5.41 Å². The van der Waals surface area contributed by atoms with Crippen molar-refractivity contribution >= 4 is 6.34 Å². The van der Waals surface area contributed by atoms with Gasteiger partial charge in [0.15, 0.2) is 0 Å². The Hall–Kier alpha value is -1.39. The Morgan fingerprint density at radius 1 is 1.33 bits per heavy atom. The smallest absolute Gasteiger partial charge is 0.0843 e. The molecule has 4 heteroatoms. The van der Waals surface area contributed by atoms with Gasteiger partial charge in [0.05, 0.1) is 11.9 Å². The Labute approximate surface area is 127 Å². The van der Waals surface area contributed by atoms with Crippen LogP contribution in [-0.2, 0) is 0 Å². The molecule has 0 saturated carbocycles. The lowest BCUT2D eigenvalue weighted by Crippen LogP contribution is -2.49. The van der Waals surface area contributed by atoms with Gasteiger partial charge in [-0.1, -0.05) is 37.3 Å². The maximum atomic E-state index is 10.4. The van der Waals surface area contributed by atoms with Gasteiger partial charge in [0, 0.05) is 19.6 Å². The van der Waals surface area contributed by atoms with Crippen LogP contribution in [0.1, 0.15) is 37.7 Å². The van der Waals surface area contributed by atoms with Gasteiger partial charge in [-0.15, -0.1) is 0 Å². The molecule has 1 aliphatic heterocycles. The largest absolute Gasteiger partial charge is 0.388 e. The van der Waals surface area contributed by atoms with Crippen LogP contribution in [0, 0.1) is 5.41 Å². The van der Waals surface area contributed by atoms with Gasteiger partial charge in [-0.25, -0.2) is 0 Å². The van der Waals surface area contributed by atoms with Gasteiger partial charge in [-0.05, 0) is 37.3 Å². The Morgan fingerprint density at radius 2 is 2.00 bits per heavy atom. The SMILES string of the molecule is C[C@@H](CCN1CCC(O)(CNC=N)CC1)c1ccccc1. The zero-order valence-corrected chi connectivity index (χ0v) is 12.9. The summed E-state index contributed by atoms with van der Waals surface area (Å²) >= 11 is 0. The maximum absolute atomic E-state index is 10.4. The van der Waals surface area contributed by atoms with Crippen molar-refractivity contribution in [3.63, 3.8) is 0 Å². The number of rotatable bonds is 7. The summed E-state index contributed by atoms with van der Waals surface area (Å²) in [5, 5.41) is 20.2. The molecular weight excluding hydrogens is 262 g/mol. The van der Waals surface area contributed by atoms with Gasteiger partial charge in [-0.2, -0.15) is 0 Å². The minimum atomic E-state index is -0.640. The molecule has 0 spiro atoms. The fourth-order valence-corrected chi connectivity index (χ4v) is 2.94. The first-order chi connectivity index (χ1) is 10.1. The Kier molecular flexibility index (Phi) is 5.76. The zero-order valence-electron chi connectivity index (χ0n) is 12.9. The zero-order chi connectivity index (χ0) is 15.1. The van der Waals surface area contributed by atoms with E-state index >= 15 is 0 Å². The minimum absolute atomic E-state index is 0.491. The van der Waals surface area contributed by atoms with Crippen molar-refractivity contribution in [2.45, 2.75) is 37.7 Å². The van der Waals surface area contributed by atoms with Crippen LogP contribution in [0.2, 0.25) is 0 Å². The predicted molar refractivity (Wildman–Crippen MR) is 86.9 cm³/mol. The van der Waals surface area contributed by atoms with Crippen LogP contribution < -0.4 is 5.32 Å². The van der Waals surface area contributed by atoms with Crippen LogP contribution in [0.25, 0.3) is 0 Å². The Morgan fingerprint density at radius 3 is 2.62 bits per heavy atom. The average Bonchev–Trinajstić information content (AvgIpc) is 2.53. The van der Waals surface area contributed by atoms with E-state index in [1.165, 1.54) is 5.56 Å². The van der Waals surface area contributed by atoms with E-state index in [1.807, 2.05) is 0 Å². The first-order valence-electron chi connectivity index (χ1n) is 7.85. The molecule has 1 fully saturated rings. The van der Waals surface area contributed by atoms with E-state index in [0.29, 0.717) is 12.5 Å². The molecule has 0 aliphatic carbocycles. The van der Waals surface area contributed by atoms with Crippen molar-refractivity contribution in [2.75, 3.05) is 26.2 Å². The summed E-state index contributed by atoms with van der Waals surface area (Å²) < 4.78 is 0. The molecule has 0 aromatic heterocycles. The fraction of sp³-hybridized carbons (Fsp3) is 0.588. The summed E-state index contributed by atoms with van der Waals surface area (Å²) in [7, 11) is 0. The van der Waals surface area contributed by atoms with Gasteiger partial charge < -0.3 is 15.3 Å². The van der Waals surface area contributed by atoms with Gasteiger partial charge in [0.1, 0.15) is 0 Å². The van der Waals surface area contributed by atoms with E-state index in [4.69, 9.17) is 5.41 Å². The summed E-state index contributed by atoms with van der Waals surface area (Å²) in [4.78, 5) is 2.44. The second kappa shape index (κ2) is 7.57. The molecular formula is C17H27N3O. The molecule has 21 heavy (non-hydrogen) atoms. The lowest BCUT2D eigenvalue weighted by atomic mass is 9.90. The molecule has 1 aromatic rings. The number of hydrogen-bond donors (Lipinski definition) is 3. The first kappa shape index (κ1) is 16.0. The highest BCUT2D eigenvalue weighted by molar-refractivity contribution is 5.49. The molecule has 0 unspecified atom stereocenters. The molecule has 1 heterocycles. The van der Waals surface area contributed by atoms with Crippen molar-refractivity contribution in [3.8, 4) is 0 Å². The van der Waals surface area contributed by atoms with E-state index in [9.17, 15) is 5.11 Å². The number of nitrogens with one attached hydrogen (secondary N) is 2. The van der Waals surface area contributed by atoms with Crippen LogP contribution in [0.15, 0.2) is 30.3 Å². The monoisotopic (exact) mass is 289 g/mol. The maximum Gasteiger partial charge on any atom is 0.0843 e. The molecule has 0 bridgehead atoms. The third kappa shape index (κ3) is 4.83. The normalized spacial score (nSPS) is 19.9. The van der Waals surface area contributed by atoms with E-state index < -0.39 is 5.60 Å². The van der Waals surface area contributed by atoms with Gasteiger partial charge in [0.2, 0.25) is 0 Å². The predicted octanol–water partition coefficient (Wildman–Crippen LogP) is 2.20. The van der Waals surface area contributed by atoms with E-state index in [2.05, 4.69) is 47.5 Å². The van der Waals surface area contributed by atoms with Crippen LogP contribution >= 0.6 is 0 Å². The van der Waals surface area contributed by atoms with Gasteiger partial charge in [0.25, 0.3) is 0 Å². The van der Waals surface area contributed by atoms with Crippen molar-refractivity contribution in [2.24, 2.45) is 0 Å². The Balaban J connectivity index is 1.73. The molecule has 1 aliphatic rings. The van der Waals surface area contributed by atoms with Crippen molar-refractivity contribution < 1.29 is 5.11 Å². The van der Waals surface area contributed by atoms with E-state index in [-0.39, 0.29) is 0 Å². The molecule has 3 N–H and O–H groups in total. The minimum Gasteiger partial charge on any atom is -0.388 e. The molecule has 0 radical (unpaired) electrons. The van der Waals surface area contributed by atoms with E-state index in [0.717, 1.165) is 45.2 Å². The van der Waals surface area contributed by atoms with E-state index in [1.54, 1.807) is 0 Å². The highest BCUT2D eigenvalue weighted by Gasteiger charge is 2.31. The number of aliphatic hydroxyl groups is 1. The average molecular weight is 289 g/mol. The second-order valence-electron chi connectivity index (χ2n) is 6.19. The number of hydrogen-bond acceptors (Lipinski definition) is 3. The van der Waals surface area contributed by atoms with Crippen LogP contribution in [0.4, 0.5) is 0 Å². The number of likely N-dealkylation sites (tertiary alicyclic amines) is 1. The van der Waals surface area contributed by atoms with Crippen LogP contribution in [0.5, 0.6) is 0 Å². The third-order valence-corrected chi connectivity index (χ3v) is 4.57. The molecule has 1 atom stereocenters. The summed E-state index contributed by atoms with van der Waals surface area (Å²) in [6.45, 7) is 5.74. The number of piperidine rings is 1. The first-order valence-corrected chi connectivity index (χ1v) is 7.85. The Bertz CT molecular complexity index is 427. The lowest BCUT2D eigenvalue weighted by Gasteiger charge is -2.38. The summed E-state index contributed by atoms with van der Waals surface area (Å²) in [6, 6.07) is 10.7. The van der Waals surface area contributed by atoms with Gasteiger partial charge >= 0.3 is 0 Å². The topological polar surface area (TPSA) is 59.4 Å². The third-order valence-electron chi connectivity index (χ3n) is 4.57. The number of nitrogens with zero attached hydrogens (tertiary/aromatic N) is 1. The van der Waals surface area contributed by atoms with Crippen molar-refractivity contribution in [3.05, 3.63) is 35.9 Å². The van der Waals surface area contributed by atoms with Crippen LogP contribution in [-0.4, -0.2) is 48.1 Å². The van der Waals surface area contributed by atoms with Gasteiger partial charge in [-0.3, -0.25) is 5.41 Å². The second-order valence-corrected chi connectivity index (χ2v) is 6.19.